The lowest BCUT2D eigenvalue weighted by molar-refractivity contribution is 0.0920. The largest absolute Gasteiger partial charge is 0.469 e. The van der Waals surface area contributed by atoms with Gasteiger partial charge in [-0.2, -0.15) is 5.10 Å². The van der Waals surface area contributed by atoms with Crippen molar-refractivity contribution in [2.24, 2.45) is 9.50 Å². The van der Waals surface area contributed by atoms with Gasteiger partial charge in [-0.05, 0) is 60.8 Å². The molecule has 9 nitrogen and oxygen atoms in total. The highest BCUT2D eigenvalue weighted by Gasteiger charge is 2.32. The standard InChI is InChI=1S/C20H24BrN5O4S/c1-29-10-11-9-26-19(30-11)16(8-23-26)31(22,28)25-20(27)24-18-14-6-2-4-12(14)17(21)13-5-3-7-15(13)18/h8,11H,2-7,9-10H2,1H3,(H3,22,24,25,27,28)/t11-,31?/m1/s1. The minimum absolute atomic E-state index is 0.118. The van der Waals surface area contributed by atoms with Crippen molar-refractivity contribution < 1.29 is 18.5 Å². The van der Waals surface area contributed by atoms with Gasteiger partial charge in [0.25, 0.3) is 0 Å². The maximum Gasteiger partial charge on any atom is 0.354 e. The van der Waals surface area contributed by atoms with Crippen LogP contribution < -0.4 is 15.2 Å². The number of methoxy groups -OCH3 is 1. The maximum atomic E-state index is 13.2. The third-order valence-corrected chi connectivity index (χ3v) is 8.41. The van der Waals surface area contributed by atoms with Crippen LogP contribution in [-0.2, 0) is 46.9 Å². The zero-order valence-corrected chi connectivity index (χ0v) is 19.6. The first-order valence-electron chi connectivity index (χ1n) is 10.3. The van der Waals surface area contributed by atoms with Crippen LogP contribution >= 0.6 is 15.9 Å². The zero-order valence-electron chi connectivity index (χ0n) is 17.1. The van der Waals surface area contributed by atoms with Crippen LogP contribution in [0.25, 0.3) is 0 Å². The van der Waals surface area contributed by atoms with E-state index in [2.05, 4.69) is 30.7 Å². The predicted octanol–water partition coefficient (Wildman–Crippen LogP) is 2.96. The molecular weight excluding hydrogens is 486 g/mol. The summed E-state index contributed by atoms with van der Waals surface area (Å²) in [5.41, 5.74) is 5.64. The Kier molecular flexibility index (Phi) is 5.32. The molecule has 166 valence electrons. The number of halogens is 1. The van der Waals surface area contributed by atoms with Crippen molar-refractivity contribution in [3.8, 4) is 5.88 Å². The van der Waals surface area contributed by atoms with Gasteiger partial charge in [0, 0.05) is 17.3 Å². The van der Waals surface area contributed by atoms with Crippen molar-refractivity contribution >= 4 is 37.6 Å². The number of hydrogen-bond donors (Lipinski definition) is 2. The normalized spacial score (nSPS) is 20.5. The summed E-state index contributed by atoms with van der Waals surface area (Å²) in [6.07, 6.45) is 6.98. The third-order valence-electron chi connectivity index (χ3n) is 6.10. The number of aromatic nitrogens is 2. The van der Waals surface area contributed by atoms with E-state index in [9.17, 15) is 9.00 Å². The molecule has 1 unspecified atom stereocenters. The summed E-state index contributed by atoms with van der Waals surface area (Å²) < 4.78 is 30.6. The molecule has 2 amide bonds. The van der Waals surface area contributed by atoms with Crippen LogP contribution in [0.3, 0.4) is 0 Å². The van der Waals surface area contributed by atoms with Crippen LogP contribution in [0.1, 0.15) is 35.1 Å². The zero-order chi connectivity index (χ0) is 21.8. The van der Waals surface area contributed by atoms with Crippen molar-refractivity contribution in [3.05, 3.63) is 32.9 Å². The fourth-order valence-electron chi connectivity index (χ4n) is 4.81. The van der Waals surface area contributed by atoms with Gasteiger partial charge in [0.2, 0.25) is 5.88 Å². The number of nitrogens with two attached hydrogens (primary N) is 1. The van der Waals surface area contributed by atoms with E-state index in [0.717, 1.165) is 55.3 Å². The van der Waals surface area contributed by atoms with E-state index >= 15 is 0 Å². The molecule has 1 aliphatic heterocycles. The molecule has 2 heterocycles. The van der Waals surface area contributed by atoms with Crippen molar-refractivity contribution in [1.29, 1.82) is 0 Å². The molecule has 0 saturated carbocycles. The highest BCUT2D eigenvalue weighted by atomic mass is 79.9. The molecule has 3 N–H and O–H groups in total. The number of hydrogen-bond acceptors (Lipinski definition) is 5. The molecule has 0 radical (unpaired) electrons. The number of carbonyl (C=O) groups is 1. The van der Waals surface area contributed by atoms with Crippen LogP contribution in [0.5, 0.6) is 5.88 Å². The number of nitrogens with one attached hydrogen (secondary N) is 1. The SMILES string of the molecule is COC[C@H]1Cn2ncc(S(N)(=O)=NC(=O)Nc3c4c(c(Br)c5c3CCC5)CCC4)c2O1. The molecule has 5 rings (SSSR count). The van der Waals surface area contributed by atoms with Crippen molar-refractivity contribution in [3.63, 3.8) is 0 Å². The van der Waals surface area contributed by atoms with Gasteiger partial charge in [0.05, 0.1) is 19.3 Å². The van der Waals surface area contributed by atoms with Crippen LogP contribution in [0.4, 0.5) is 10.5 Å². The molecule has 2 aliphatic carbocycles. The number of benzene rings is 1. The Morgan fingerprint density at radius 3 is 2.61 bits per heavy atom. The number of urea groups is 1. The number of fused-ring (bicyclic) bond motifs is 3. The quantitative estimate of drug-likeness (QED) is 0.655. The topological polar surface area (TPSA) is 121 Å². The van der Waals surface area contributed by atoms with E-state index in [0.29, 0.717) is 13.2 Å². The van der Waals surface area contributed by atoms with Crippen LogP contribution in [0, 0.1) is 0 Å². The number of rotatable bonds is 4. The van der Waals surface area contributed by atoms with E-state index in [-0.39, 0.29) is 16.9 Å². The van der Waals surface area contributed by atoms with Gasteiger partial charge in [-0.1, -0.05) is 15.9 Å². The van der Waals surface area contributed by atoms with Gasteiger partial charge in [-0.3, -0.25) is 0 Å². The van der Waals surface area contributed by atoms with E-state index in [1.165, 1.54) is 21.8 Å². The Morgan fingerprint density at radius 2 is 1.97 bits per heavy atom. The Hall–Kier alpha value is -1.95. The molecule has 1 aromatic heterocycles. The first-order chi connectivity index (χ1) is 14.9. The number of nitrogens with zero attached hydrogens (tertiary/aromatic N) is 3. The average molecular weight is 510 g/mol. The monoisotopic (exact) mass is 509 g/mol. The smallest absolute Gasteiger partial charge is 0.354 e. The molecule has 0 spiro atoms. The minimum Gasteiger partial charge on any atom is -0.469 e. The second-order valence-electron chi connectivity index (χ2n) is 8.09. The molecule has 1 aromatic carbocycles. The van der Waals surface area contributed by atoms with Gasteiger partial charge in [-0.25, -0.2) is 18.8 Å². The summed E-state index contributed by atoms with van der Waals surface area (Å²) in [4.78, 5) is 13.0. The lowest BCUT2D eigenvalue weighted by atomic mass is 9.99. The van der Waals surface area contributed by atoms with Crippen LogP contribution in [0.15, 0.2) is 19.9 Å². The van der Waals surface area contributed by atoms with E-state index in [1.807, 2.05) is 0 Å². The molecule has 0 bridgehead atoms. The fourth-order valence-corrected chi connectivity index (χ4v) is 6.68. The van der Waals surface area contributed by atoms with E-state index in [1.54, 1.807) is 11.8 Å². The second kappa shape index (κ2) is 7.88. The Bertz CT molecular complexity index is 1170. The Balaban J connectivity index is 1.45. The van der Waals surface area contributed by atoms with Crippen molar-refractivity contribution in [1.82, 2.24) is 9.78 Å². The van der Waals surface area contributed by atoms with Gasteiger partial charge in [0.15, 0.2) is 9.92 Å². The molecule has 2 atom stereocenters. The van der Waals surface area contributed by atoms with Crippen molar-refractivity contribution in [2.45, 2.75) is 56.1 Å². The summed E-state index contributed by atoms with van der Waals surface area (Å²) in [6.45, 7) is 0.827. The maximum absolute atomic E-state index is 13.2. The summed E-state index contributed by atoms with van der Waals surface area (Å²) in [6, 6.07) is -0.718. The van der Waals surface area contributed by atoms with Crippen molar-refractivity contribution in [2.75, 3.05) is 19.0 Å². The number of anilines is 1. The lowest BCUT2D eigenvalue weighted by Gasteiger charge is -2.17. The number of amides is 2. The highest BCUT2D eigenvalue weighted by molar-refractivity contribution is 9.10. The summed E-state index contributed by atoms with van der Waals surface area (Å²) in [5.74, 6) is 0.275. The number of ether oxygens (including phenoxy) is 2. The summed E-state index contributed by atoms with van der Waals surface area (Å²) in [7, 11) is -1.96. The molecule has 0 fully saturated rings. The Morgan fingerprint density at radius 1 is 1.32 bits per heavy atom. The van der Waals surface area contributed by atoms with Gasteiger partial charge in [-0.15, -0.1) is 4.36 Å². The summed E-state index contributed by atoms with van der Waals surface area (Å²) in [5, 5.41) is 13.1. The molecule has 11 heteroatoms. The molecule has 0 saturated heterocycles. The molecular formula is C20H24BrN5O4S. The van der Waals surface area contributed by atoms with Gasteiger partial charge in [0.1, 0.15) is 11.0 Å². The molecule has 31 heavy (non-hydrogen) atoms. The predicted molar refractivity (Wildman–Crippen MR) is 119 cm³/mol. The second-order valence-corrected chi connectivity index (χ2v) is 10.6. The van der Waals surface area contributed by atoms with Crippen LogP contribution in [-0.4, -0.2) is 39.8 Å². The molecule has 2 aromatic rings. The average Bonchev–Trinajstić information content (AvgIpc) is 3.47. The highest BCUT2D eigenvalue weighted by Crippen LogP contribution is 2.44. The first kappa shape index (κ1) is 20.9. The molecule has 3 aliphatic rings. The fraction of sp³-hybridized carbons (Fsp3) is 0.500. The minimum atomic E-state index is -3.53. The van der Waals surface area contributed by atoms with Crippen LogP contribution in [0.2, 0.25) is 0 Å². The van der Waals surface area contributed by atoms with Gasteiger partial charge >= 0.3 is 6.03 Å². The third kappa shape index (κ3) is 3.57. The van der Waals surface area contributed by atoms with E-state index < -0.39 is 15.9 Å². The lowest BCUT2D eigenvalue weighted by Crippen LogP contribution is -2.22. The summed E-state index contributed by atoms with van der Waals surface area (Å²) >= 11 is 3.77. The first-order valence-corrected chi connectivity index (χ1v) is 12.7. The number of carbonyl (C=O) groups excluding carboxylic acids is 1. The Labute approximate surface area is 189 Å². The van der Waals surface area contributed by atoms with Gasteiger partial charge < -0.3 is 14.8 Å². The van der Waals surface area contributed by atoms with E-state index in [4.69, 9.17) is 14.6 Å².